The fraction of sp³-hybridized carbons (Fsp3) is 0.500. The number of hydrogen-bond acceptors (Lipinski definition) is 5. The van der Waals surface area contributed by atoms with Gasteiger partial charge in [0, 0.05) is 54.8 Å². The number of aliphatic carboxylic acids is 1. The minimum Gasteiger partial charge on any atom is -0.480 e. The number of nitrogens with zero attached hydrogens (tertiary/aromatic N) is 3. The first-order valence-electron chi connectivity index (χ1n) is 9.37. The molecule has 0 radical (unpaired) electrons. The summed E-state index contributed by atoms with van der Waals surface area (Å²) < 4.78 is 1.95. The molecule has 0 unspecified atom stereocenters. The van der Waals surface area contributed by atoms with Crippen LogP contribution in [0.25, 0.3) is 0 Å². The number of carboxylic acid groups (broad SMARTS) is 1. The molecular formula is C20H25N3O3S. The van der Waals surface area contributed by atoms with Gasteiger partial charge in [0.15, 0.2) is 0 Å². The van der Waals surface area contributed by atoms with Crippen LogP contribution < -0.4 is 5.56 Å². The fourth-order valence-electron chi connectivity index (χ4n) is 4.55. The lowest BCUT2D eigenvalue weighted by molar-refractivity contribution is -0.139. The van der Waals surface area contributed by atoms with Crippen molar-refractivity contribution >= 4 is 17.3 Å². The molecule has 4 rings (SSSR count). The van der Waals surface area contributed by atoms with E-state index in [0.29, 0.717) is 19.0 Å². The molecule has 27 heavy (non-hydrogen) atoms. The SMILES string of the molecule is CN(Cc1cccs1)Cc1ccc2n(c1=O)C[C@H]1C[C@@H]2CN(CC(=O)O)C1. The molecule has 0 amide bonds. The lowest BCUT2D eigenvalue weighted by atomic mass is 9.83. The third-order valence-electron chi connectivity index (χ3n) is 5.56. The third kappa shape index (κ3) is 4.00. The molecule has 0 aromatic carbocycles. The second-order valence-corrected chi connectivity index (χ2v) is 8.87. The quantitative estimate of drug-likeness (QED) is 0.822. The molecule has 2 aromatic rings. The zero-order valence-electron chi connectivity index (χ0n) is 15.5. The van der Waals surface area contributed by atoms with E-state index in [1.54, 1.807) is 11.3 Å². The van der Waals surface area contributed by atoms with Crippen LogP contribution in [0.4, 0.5) is 0 Å². The van der Waals surface area contributed by atoms with Gasteiger partial charge in [0.1, 0.15) is 0 Å². The highest BCUT2D eigenvalue weighted by Gasteiger charge is 2.35. The van der Waals surface area contributed by atoms with Crippen LogP contribution >= 0.6 is 11.3 Å². The Bertz CT molecular complexity index is 877. The molecule has 0 aliphatic carbocycles. The van der Waals surface area contributed by atoms with Crippen LogP contribution in [0, 0.1) is 5.92 Å². The zero-order valence-corrected chi connectivity index (χ0v) is 16.3. The van der Waals surface area contributed by atoms with Crippen molar-refractivity contribution in [3.8, 4) is 0 Å². The normalized spacial score (nSPS) is 22.0. The maximum absolute atomic E-state index is 13.1. The van der Waals surface area contributed by atoms with Gasteiger partial charge in [0.2, 0.25) is 0 Å². The number of fused-ring (bicyclic) bond motifs is 4. The summed E-state index contributed by atoms with van der Waals surface area (Å²) in [6, 6.07) is 8.22. The van der Waals surface area contributed by atoms with Crippen LogP contribution in [-0.4, -0.2) is 52.1 Å². The van der Waals surface area contributed by atoms with Crippen LogP contribution in [0.15, 0.2) is 34.4 Å². The van der Waals surface area contributed by atoms with E-state index in [1.807, 2.05) is 28.6 Å². The molecule has 2 aromatic heterocycles. The molecule has 7 heteroatoms. The maximum atomic E-state index is 13.1. The van der Waals surface area contributed by atoms with E-state index in [9.17, 15) is 9.59 Å². The predicted molar refractivity (Wildman–Crippen MR) is 105 cm³/mol. The van der Waals surface area contributed by atoms with Crippen molar-refractivity contribution in [1.82, 2.24) is 14.4 Å². The molecule has 4 heterocycles. The van der Waals surface area contributed by atoms with Gasteiger partial charge in [-0.1, -0.05) is 12.1 Å². The van der Waals surface area contributed by atoms with Crippen molar-refractivity contribution in [2.75, 3.05) is 26.7 Å². The first kappa shape index (κ1) is 18.4. The number of likely N-dealkylation sites (tertiary alicyclic amines) is 1. The van der Waals surface area contributed by atoms with Crippen molar-refractivity contribution in [3.63, 3.8) is 0 Å². The van der Waals surface area contributed by atoms with Crippen molar-refractivity contribution < 1.29 is 9.90 Å². The summed E-state index contributed by atoms with van der Waals surface area (Å²) in [5.74, 6) is -0.175. The third-order valence-corrected chi connectivity index (χ3v) is 6.42. The maximum Gasteiger partial charge on any atom is 0.317 e. The molecule has 2 atom stereocenters. The highest BCUT2D eigenvalue weighted by atomic mass is 32.1. The molecule has 2 aliphatic rings. The average Bonchev–Trinajstić information content (AvgIpc) is 3.10. The largest absolute Gasteiger partial charge is 0.480 e. The molecule has 2 bridgehead atoms. The smallest absolute Gasteiger partial charge is 0.317 e. The van der Waals surface area contributed by atoms with E-state index in [2.05, 4.69) is 22.4 Å². The van der Waals surface area contributed by atoms with Crippen LogP contribution in [0.5, 0.6) is 0 Å². The van der Waals surface area contributed by atoms with Gasteiger partial charge in [0.25, 0.3) is 5.56 Å². The van der Waals surface area contributed by atoms with E-state index in [1.165, 1.54) is 4.88 Å². The number of aromatic nitrogens is 1. The predicted octanol–water partition coefficient (Wildman–Crippen LogP) is 2.05. The molecule has 0 spiro atoms. The van der Waals surface area contributed by atoms with E-state index < -0.39 is 5.97 Å². The molecule has 144 valence electrons. The Balaban J connectivity index is 1.52. The van der Waals surface area contributed by atoms with Gasteiger partial charge in [-0.05, 0) is 36.9 Å². The Labute approximate surface area is 162 Å². The second-order valence-electron chi connectivity index (χ2n) is 7.84. The monoisotopic (exact) mass is 387 g/mol. The molecule has 1 saturated heterocycles. The van der Waals surface area contributed by atoms with Gasteiger partial charge in [-0.25, -0.2) is 0 Å². The molecular weight excluding hydrogens is 362 g/mol. The Morgan fingerprint density at radius 2 is 2.11 bits per heavy atom. The first-order chi connectivity index (χ1) is 13.0. The van der Waals surface area contributed by atoms with Crippen LogP contribution in [0.2, 0.25) is 0 Å². The number of carbonyl (C=O) groups is 1. The van der Waals surface area contributed by atoms with E-state index >= 15 is 0 Å². The molecule has 2 aliphatic heterocycles. The van der Waals surface area contributed by atoms with Crippen molar-refractivity contribution in [2.24, 2.45) is 5.92 Å². The summed E-state index contributed by atoms with van der Waals surface area (Å²) in [6.07, 6.45) is 1.05. The number of hydrogen-bond donors (Lipinski definition) is 1. The van der Waals surface area contributed by atoms with Gasteiger partial charge < -0.3 is 9.67 Å². The topological polar surface area (TPSA) is 65.8 Å². The number of pyridine rings is 1. The van der Waals surface area contributed by atoms with Gasteiger partial charge in [-0.2, -0.15) is 0 Å². The van der Waals surface area contributed by atoms with E-state index in [-0.39, 0.29) is 18.0 Å². The highest BCUT2D eigenvalue weighted by molar-refractivity contribution is 7.09. The summed E-state index contributed by atoms with van der Waals surface area (Å²) in [6.45, 7) is 3.74. The fourth-order valence-corrected chi connectivity index (χ4v) is 5.33. The van der Waals surface area contributed by atoms with Gasteiger partial charge >= 0.3 is 5.97 Å². The minimum atomic E-state index is -0.781. The average molecular weight is 388 g/mol. The van der Waals surface area contributed by atoms with Crippen molar-refractivity contribution in [3.05, 3.63) is 56.1 Å². The molecule has 6 nitrogen and oxygen atoms in total. The number of piperidine rings is 1. The summed E-state index contributed by atoms with van der Waals surface area (Å²) in [5.41, 5.74) is 2.02. The number of carboxylic acids is 1. The zero-order chi connectivity index (χ0) is 19.0. The Morgan fingerprint density at radius 3 is 2.85 bits per heavy atom. The lowest BCUT2D eigenvalue weighted by Crippen LogP contribution is -2.48. The lowest BCUT2D eigenvalue weighted by Gasteiger charge is -2.42. The Morgan fingerprint density at radius 1 is 1.26 bits per heavy atom. The van der Waals surface area contributed by atoms with Gasteiger partial charge in [0.05, 0.1) is 6.54 Å². The molecule has 0 saturated carbocycles. The van der Waals surface area contributed by atoms with Gasteiger partial charge in [-0.3, -0.25) is 19.4 Å². The second kappa shape index (κ2) is 7.58. The minimum absolute atomic E-state index is 0.0861. The number of thiophene rings is 1. The van der Waals surface area contributed by atoms with Crippen LogP contribution in [0.3, 0.4) is 0 Å². The Kier molecular flexibility index (Phi) is 5.16. The highest BCUT2D eigenvalue weighted by Crippen LogP contribution is 2.35. The van der Waals surface area contributed by atoms with Crippen molar-refractivity contribution in [2.45, 2.75) is 32.0 Å². The Hall–Kier alpha value is -1.96. The summed E-state index contributed by atoms with van der Waals surface area (Å²) in [7, 11) is 2.04. The van der Waals surface area contributed by atoms with Crippen LogP contribution in [0.1, 0.15) is 28.5 Å². The van der Waals surface area contributed by atoms with E-state index in [0.717, 1.165) is 37.3 Å². The van der Waals surface area contributed by atoms with E-state index in [4.69, 9.17) is 5.11 Å². The number of rotatable bonds is 6. The van der Waals surface area contributed by atoms with Crippen molar-refractivity contribution in [1.29, 1.82) is 0 Å². The molecule has 1 N–H and O–H groups in total. The first-order valence-corrected chi connectivity index (χ1v) is 10.2. The molecule has 1 fully saturated rings. The van der Waals surface area contributed by atoms with Gasteiger partial charge in [-0.15, -0.1) is 11.3 Å². The standard InChI is InChI=1S/C20H25N3O3S/c1-21(12-17-3-2-6-27-17)10-15-4-5-18-16-7-14(9-23(18)20(15)26)8-22(11-16)13-19(24)25/h2-6,14,16H,7-13H2,1H3,(H,24,25)/t14-,16+/m0/s1. The van der Waals surface area contributed by atoms with Crippen LogP contribution in [-0.2, 0) is 24.4 Å². The summed E-state index contributed by atoms with van der Waals surface area (Å²) in [4.78, 5) is 29.6. The summed E-state index contributed by atoms with van der Waals surface area (Å²) >= 11 is 1.73. The summed E-state index contributed by atoms with van der Waals surface area (Å²) in [5, 5.41) is 11.2.